The summed E-state index contributed by atoms with van der Waals surface area (Å²) < 4.78 is 0. The van der Waals surface area contributed by atoms with E-state index in [1.54, 1.807) is 0 Å². The standard InChI is InChI=1S/C10H14N2O2S/c1-6-3-4-12(8(6)9(13)14)10-11-7(2)5-15-10/h5-6,8H,3-4H2,1-2H3,(H,13,14). The third-order valence-corrected chi connectivity index (χ3v) is 3.80. The Labute approximate surface area is 92.6 Å². The van der Waals surface area contributed by atoms with Crippen LogP contribution in [0, 0.1) is 12.8 Å². The van der Waals surface area contributed by atoms with Gasteiger partial charge in [-0.15, -0.1) is 11.3 Å². The van der Waals surface area contributed by atoms with Crippen LogP contribution in [0.5, 0.6) is 0 Å². The molecule has 0 amide bonds. The Morgan fingerprint density at radius 2 is 2.47 bits per heavy atom. The van der Waals surface area contributed by atoms with Gasteiger partial charge in [-0.05, 0) is 19.3 Å². The second-order valence-electron chi connectivity index (χ2n) is 4.01. The number of nitrogens with zero attached hydrogens (tertiary/aromatic N) is 2. The Morgan fingerprint density at radius 3 is 3.00 bits per heavy atom. The summed E-state index contributed by atoms with van der Waals surface area (Å²) in [6.45, 7) is 4.71. The second kappa shape index (κ2) is 3.81. The molecule has 15 heavy (non-hydrogen) atoms. The number of anilines is 1. The SMILES string of the molecule is Cc1csc(N2CCC(C)C2C(=O)O)n1. The fourth-order valence-electron chi connectivity index (χ4n) is 2.01. The molecule has 2 heterocycles. The first-order valence-corrected chi connectivity index (χ1v) is 5.89. The van der Waals surface area contributed by atoms with Crippen LogP contribution in [0.2, 0.25) is 0 Å². The van der Waals surface area contributed by atoms with Crippen molar-refractivity contribution in [2.24, 2.45) is 5.92 Å². The van der Waals surface area contributed by atoms with Crippen LogP contribution in [0.3, 0.4) is 0 Å². The summed E-state index contributed by atoms with van der Waals surface area (Å²) in [6, 6.07) is -0.407. The van der Waals surface area contributed by atoms with Gasteiger partial charge in [-0.25, -0.2) is 9.78 Å². The average Bonchev–Trinajstić information content (AvgIpc) is 2.71. The molecule has 2 unspecified atom stereocenters. The van der Waals surface area contributed by atoms with Crippen LogP contribution in [0.25, 0.3) is 0 Å². The summed E-state index contributed by atoms with van der Waals surface area (Å²) in [5.74, 6) is -0.542. The van der Waals surface area contributed by atoms with E-state index in [1.807, 2.05) is 24.1 Å². The molecule has 1 aromatic rings. The van der Waals surface area contributed by atoms with Gasteiger partial charge in [0, 0.05) is 11.9 Å². The predicted octanol–water partition coefficient (Wildman–Crippen LogP) is 1.75. The lowest BCUT2D eigenvalue weighted by atomic mass is 10.0. The molecule has 0 radical (unpaired) electrons. The summed E-state index contributed by atoms with van der Waals surface area (Å²) in [4.78, 5) is 17.4. The number of hydrogen-bond acceptors (Lipinski definition) is 4. The monoisotopic (exact) mass is 226 g/mol. The molecule has 1 aliphatic heterocycles. The van der Waals surface area contributed by atoms with Crippen molar-refractivity contribution >= 4 is 22.4 Å². The molecule has 0 bridgehead atoms. The van der Waals surface area contributed by atoms with Crippen LogP contribution in [0.4, 0.5) is 5.13 Å². The van der Waals surface area contributed by atoms with Gasteiger partial charge in [0.15, 0.2) is 5.13 Å². The molecule has 1 saturated heterocycles. The molecule has 1 N–H and O–H groups in total. The normalized spacial score (nSPS) is 25.9. The largest absolute Gasteiger partial charge is 0.480 e. The Hall–Kier alpha value is -1.10. The Kier molecular flexibility index (Phi) is 2.65. The van der Waals surface area contributed by atoms with Crippen molar-refractivity contribution in [2.75, 3.05) is 11.4 Å². The van der Waals surface area contributed by atoms with Crippen molar-refractivity contribution in [1.82, 2.24) is 4.98 Å². The van der Waals surface area contributed by atoms with Crippen molar-refractivity contribution in [3.05, 3.63) is 11.1 Å². The molecule has 2 rings (SSSR count). The third kappa shape index (κ3) is 1.84. The molecule has 82 valence electrons. The predicted molar refractivity (Wildman–Crippen MR) is 59.4 cm³/mol. The first-order valence-electron chi connectivity index (χ1n) is 5.01. The lowest BCUT2D eigenvalue weighted by Crippen LogP contribution is -2.38. The molecule has 1 aromatic heterocycles. The summed E-state index contributed by atoms with van der Waals surface area (Å²) in [6.07, 6.45) is 0.926. The van der Waals surface area contributed by atoms with Crippen molar-refractivity contribution in [3.63, 3.8) is 0 Å². The van der Waals surface area contributed by atoms with E-state index in [1.165, 1.54) is 11.3 Å². The van der Waals surface area contributed by atoms with E-state index < -0.39 is 12.0 Å². The summed E-state index contributed by atoms with van der Waals surface area (Å²) in [5.41, 5.74) is 0.957. The van der Waals surface area contributed by atoms with E-state index in [4.69, 9.17) is 5.11 Å². The number of thiazole rings is 1. The molecule has 5 heteroatoms. The minimum Gasteiger partial charge on any atom is -0.480 e. The summed E-state index contributed by atoms with van der Waals surface area (Å²) in [7, 11) is 0. The van der Waals surface area contributed by atoms with Crippen LogP contribution in [-0.4, -0.2) is 28.6 Å². The molecule has 0 aromatic carbocycles. The average molecular weight is 226 g/mol. The molecule has 2 atom stereocenters. The molecule has 1 aliphatic rings. The number of aromatic nitrogens is 1. The lowest BCUT2D eigenvalue weighted by Gasteiger charge is -2.22. The van der Waals surface area contributed by atoms with Gasteiger partial charge < -0.3 is 10.0 Å². The number of hydrogen-bond donors (Lipinski definition) is 1. The Bertz CT molecular complexity index is 377. The number of aliphatic carboxylic acids is 1. The number of carboxylic acids is 1. The molecule has 1 fully saturated rings. The zero-order chi connectivity index (χ0) is 11.0. The van der Waals surface area contributed by atoms with Crippen LogP contribution < -0.4 is 4.90 Å². The zero-order valence-electron chi connectivity index (χ0n) is 8.80. The van der Waals surface area contributed by atoms with Crippen molar-refractivity contribution in [2.45, 2.75) is 26.3 Å². The first-order chi connectivity index (χ1) is 7.09. The van der Waals surface area contributed by atoms with E-state index in [-0.39, 0.29) is 5.92 Å². The molecule has 4 nitrogen and oxygen atoms in total. The maximum absolute atomic E-state index is 11.1. The lowest BCUT2D eigenvalue weighted by molar-refractivity contribution is -0.139. The van der Waals surface area contributed by atoms with E-state index in [2.05, 4.69) is 4.98 Å². The maximum Gasteiger partial charge on any atom is 0.326 e. The summed E-state index contributed by atoms with van der Waals surface area (Å²) >= 11 is 1.52. The molecular formula is C10H14N2O2S. The topological polar surface area (TPSA) is 53.4 Å². The Balaban J connectivity index is 2.25. The highest BCUT2D eigenvalue weighted by molar-refractivity contribution is 7.13. The number of carbonyl (C=O) groups is 1. The van der Waals surface area contributed by atoms with E-state index in [9.17, 15) is 4.79 Å². The fourth-order valence-corrected chi connectivity index (χ4v) is 2.88. The summed E-state index contributed by atoms with van der Waals surface area (Å²) in [5, 5.41) is 12.0. The van der Waals surface area contributed by atoms with E-state index in [0.29, 0.717) is 0 Å². The minimum absolute atomic E-state index is 0.201. The highest BCUT2D eigenvalue weighted by Crippen LogP contribution is 2.31. The van der Waals surface area contributed by atoms with Gasteiger partial charge in [-0.1, -0.05) is 6.92 Å². The van der Waals surface area contributed by atoms with Gasteiger partial charge in [0.2, 0.25) is 0 Å². The highest BCUT2D eigenvalue weighted by Gasteiger charge is 2.37. The van der Waals surface area contributed by atoms with Crippen LogP contribution in [0.1, 0.15) is 19.0 Å². The van der Waals surface area contributed by atoms with Crippen molar-refractivity contribution < 1.29 is 9.90 Å². The number of aryl methyl sites for hydroxylation is 1. The van der Waals surface area contributed by atoms with Gasteiger partial charge in [0.25, 0.3) is 0 Å². The van der Waals surface area contributed by atoms with Crippen molar-refractivity contribution in [1.29, 1.82) is 0 Å². The van der Waals surface area contributed by atoms with E-state index in [0.717, 1.165) is 23.8 Å². The van der Waals surface area contributed by atoms with Crippen molar-refractivity contribution in [3.8, 4) is 0 Å². The van der Waals surface area contributed by atoms with E-state index >= 15 is 0 Å². The number of carboxylic acid groups (broad SMARTS) is 1. The smallest absolute Gasteiger partial charge is 0.326 e. The molecule has 0 saturated carbocycles. The van der Waals surface area contributed by atoms with Crippen LogP contribution in [0.15, 0.2) is 5.38 Å². The van der Waals surface area contributed by atoms with Crippen LogP contribution in [-0.2, 0) is 4.79 Å². The zero-order valence-corrected chi connectivity index (χ0v) is 9.62. The van der Waals surface area contributed by atoms with Gasteiger partial charge in [0.05, 0.1) is 5.69 Å². The third-order valence-electron chi connectivity index (χ3n) is 2.81. The first kappa shape index (κ1) is 10.4. The molecular weight excluding hydrogens is 212 g/mol. The van der Waals surface area contributed by atoms with Gasteiger partial charge in [-0.2, -0.15) is 0 Å². The Morgan fingerprint density at radius 1 is 1.73 bits per heavy atom. The minimum atomic E-state index is -0.743. The maximum atomic E-state index is 11.1. The van der Waals surface area contributed by atoms with Gasteiger partial charge in [-0.3, -0.25) is 0 Å². The van der Waals surface area contributed by atoms with Crippen LogP contribution >= 0.6 is 11.3 Å². The van der Waals surface area contributed by atoms with Gasteiger partial charge >= 0.3 is 5.97 Å². The number of rotatable bonds is 2. The molecule has 0 aliphatic carbocycles. The quantitative estimate of drug-likeness (QED) is 0.834. The fraction of sp³-hybridized carbons (Fsp3) is 0.600. The second-order valence-corrected chi connectivity index (χ2v) is 4.85. The molecule has 0 spiro atoms. The highest BCUT2D eigenvalue weighted by atomic mass is 32.1. The van der Waals surface area contributed by atoms with Gasteiger partial charge in [0.1, 0.15) is 6.04 Å².